The van der Waals surface area contributed by atoms with Crippen LogP contribution in [0.1, 0.15) is 47.4 Å². The van der Waals surface area contributed by atoms with Crippen molar-refractivity contribution in [2.45, 2.75) is 46.2 Å². The number of benzene rings is 3. The number of para-hydroxylation sites is 1. The molecule has 0 radical (unpaired) electrons. The molecule has 1 heterocycles. The van der Waals surface area contributed by atoms with E-state index in [1.165, 1.54) is 0 Å². The van der Waals surface area contributed by atoms with Crippen molar-refractivity contribution in [2.75, 3.05) is 0 Å². The molecule has 2 amide bonds. The molecule has 5 heteroatoms. The number of hydrogen-bond acceptors (Lipinski definition) is 3. The number of aromatic nitrogens is 1. The molecule has 0 spiro atoms. The molecule has 4 aromatic rings. The second kappa shape index (κ2) is 11.0. The average Bonchev–Trinajstić information content (AvgIpc) is 2.88. The number of amides is 2. The number of rotatable bonds is 8. The molecule has 0 aliphatic carbocycles. The second-order valence-corrected chi connectivity index (χ2v) is 8.87. The van der Waals surface area contributed by atoms with Gasteiger partial charge in [0.1, 0.15) is 0 Å². The number of aryl methyl sites for hydroxylation is 1. The Morgan fingerprint density at radius 1 is 0.943 bits per heavy atom. The van der Waals surface area contributed by atoms with Crippen molar-refractivity contribution >= 4 is 22.7 Å². The Morgan fingerprint density at radius 2 is 1.69 bits per heavy atom. The quantitative estimate of drug-likeness (QED) is 0.356. The lowest BCUT2D eigenvalue weighted by atomic mass is 9.92. The number of nitrogens with one attached hydrogen (secondary N) is 2. The van der Waals surface area contributed by atoms with E-state index in [2.05, 4.69) is 28.8 Å². The molecule has 0 fully saturated rings. The van der Waals surface area contributed by atoms with Gasteiger partial charge in [-0.05, 0) is 60.7 Å². The summed E-state index contributed by atoms with van der Waals surface area (Å²) in [5.74, 6) is -0.185. The van der Waals surface area contributed by atoms with Crippen LogP contribution in [0.2, 0.25) is 0 Å². The van der Waals surface area contributed by atoms with Gasteiger partial charge in [0.2, 0.25) is 5.91 Å². The highest BCUT2D eigenvalue weighted by Crippen LogP contribution is 2.33. The zero-order valence-electron chi connectivity index (χ0n) is 20.5. The molecule has 0 aliphatic heterocycles. The fraction of sp³-hybridized carbons (Fsp3) is 0.233. The lowest BCUT2D eigenvalue weighted by Crippen LogP contribution is -2.32. The zero-order valence-corrected chi connectivity index (χ0v) is 20.5. The van der Waals surface area contributed by atoms with Crippen molar-refractivity contribution in [1.82, 2.24) is 15.6 Å². The van der Waals surface area contributed by atoms with E-state index in [0.717, 1.165) is 45.3 Å². The van der Waals surface area contributed by atoms with E-state index in [-0.39, 0.29) is 24.3 Å². The average molecular weight is 466 g/mol. The molecule has 2 N–H and O–H groups in total. The van der Waals surface area contributed by atoms with Gasteiger partial charge in [-0.15, -0.1) is 0 Å². The summed E-state index contributed by atoms with van der Waals surface area (Å²) in [6, 6.07) is 25.7. The lowest BCUT2D eigenvalue weighted by molar-refractivity contribution is -0.120. The fourth-order valence-corrected chi connectivity index (χ4v) is 4.18. The largest absolute Gasteiger partial charge is 0.352 e. The predicted molar refractivity (Wildman–Crippen MR) is 141 cm³/mol. The van der Waals surface area contributed by atoms with Gasteiger partial charge in [-0.1, -0.05) is 67.6 Å². The molecule has 0 saturated heterocycles. The SMILES string of the molecule is CCC(C)NC(=O)c1cccc(CNC(=O)Cc2c(C)nc3ccccc3c2-c2ccccc2)c1. The van der Waals surface area contributed by atoms with Crippen LogP contribution in [-0.4, -0.2) is 22.8 Å². The van der Waals surface area contributed by atoms with Gasteiger partial charge in [-0.2, -0.15) is 0 Å². The van der Waals surface area contributed by atoms with E-state index in [4.69, 9.17) is 4.98 Å². The Balaban J connectivity index is 1.54. The minimum absolute atomic E-state index is 0.0863. The van der Waals surface area contributed by atoms with Crippen LogP contribution < -0.4 is 10.6 Å². The van der Waals surface area contributed by atoms with Gasteiger partial charge in [-0.25, -0.2) is 0 Å². The molecule has 0 aliphatic rings. The van der Waals surface area contributed by atoms with E-state index in [0.29, 0.717) is 12.1 Å². The third kappa shape index (κ3) is 5.75. The van der Waals surface area contributed by atoms with Gasteiger partial charge in [0.05, 0.1) is 11.9 Å². The summed E-state index contributed by atoms with van der Waals surface area (Å²) in [6.45, 7) is 6.33. The summed E-state index contributed by atoms with van der Waals surface area (Å²) in [5, 5.41) is 7.04. The number of hydrogen-bond donors (Lipinski definition) is 2. The molecule has 0 saturated carbocycles. The summed E-state index contributed by atoms with van der Waals surface area (Å²) in [6.07, 6.45) is 1.09. The molecule has 0 bridgehead atoms. The van der Waals surface area contributed by atoms with Crippen molar-refractivity contribution in [1.29, 1.82) is 0 Å². The van der Waals surface area contributed by atoms with Gasteiger partial charge in [0.15, 0.2) is 0 Å². The highest BCUT2D eigenvalue weighted by Gasteiger charge is 2.17. The summed E-state index contributed by atoms with van der Waals surface area (Å²) >= 11 is 0. The van der Waals surface area contributed by atoms with Crippen molar-refractivity contribution in [3.63, 3.8) is 0 Å². The monoisotopic (exact) mass is 465 g/mol. The normalized spacial score (nSPS) is 11.7. The molecule has 178 valence electrons. The lowest BCUT2D eigenvalue weighted by Gasteiger charge is -2.16. The maximum atomic E-state index is 13.0. The Kier molecular flexibility index (Phi) is 7.56. The first-order chi connectivity index (χ1) is 17.0. The molecule has 1 unspecified atom stereocenters. The minimum Gasteiger partial charge on any atom is -0.352 e. The molecule has 5 nitrogen and oxygen atoms in total. The molecule has 4 rings (SSSR count). The van der Waals surface area contributed by atoms with E-state index < -0.39 is 0 Å². The van der Waals surface area contributed by atoms with Gasteiger partial charge in [-0.3, -0.25) is 14.6 Å². The van der Waals surface area contributed by atoms with Gasteiger partial charge in [0.25, 0.3) is 5.91 Å². The van der Waals surface area contributed by atoms with E-state index in [1.807, 2.05) is 75.4 Å². The predicted octanol–water partition coefficient (Wildman–Crippen LogP) is 5.60. The first kappa shape index (κ1) is 24.1. The minimum atomic E-state index is -0.0992. The summed E-state index contributed by atoms with van der Waals surface area (Å²) in [4.78, 5) is 30.3. The van der Waals surface area contributed by atoms with Gasteiger partial charge in [0, 0.05) is 29.2 Å². The van der Waals surface area contributed by atoms with Crippen LogP contribution >= 0.6 is 0 Å². The standard InChI is InChI=1S/C30H31N3O2/c1-4-20(2)32-30(35)24-14-10-11-22(17-24)19-31-28(34)18-26-21(3)33-27-16-9-8-15-25(27)29(26)23-12-6-5-7-13-23/h5-17,20H,4,18-19H2,1-3H3,(H,31,34)(H,32,35). The number of carbonyl (C=O) groups is 2. The summed E-state index contributed by atoms with van der Waals surface area (Å²) in [7, 11) is 0. The first-order valence-electron chi connectivity index (χ1n) is 12.1. The molecular weight excluding hydrogens is 434 g/mol. The molecule has 1 atom stereocenters. The van der Waals surface area contributed by atoms with Crippen LogP contribution in [0.15, 0.2) is 78.9 Å². The number of fused-ring (bicyclic) bond motifs is 1. The smallest absolute Gasteiger partial charge is 0.251 e. The Hall–Kier alpha value is -3.99. The van der Waals surface area contributed by atoms with Crippen LogP contribution in [0, 0.1) is 6.92 Å². The maximum Gasteiger partial charge on any atom is 0.251 e. The van der Waals surface area contributed by atoms with Crippen LogP contribution in [0.3, 0.4) is 0 Å². The topological polar surface area (TPSA) is 71.1 Å². The second-order valence-electron chi connectivity index (χ2n) is 8.87. The van der Waals surface area contributed by atoms with Crippen molar-refractivity contribution in [3.05, 3.63) is 101 Å². The Labute approximate surface area is 206 Å². The van der Waals surface area contributed by atoms with Gasteiger partial charge < -0.3 is 10.6 Å². The Morgan fingerprint density at radius 3 is 2.46 bits per heavy atom. The molecule has 35 heavy (non-hydrogen) atoms. The zero-order chi connectivity index (χ0) is 24.8. The molecular formula is C30H31N3O2. The summed E-state index contributed by atoms with van der Waals surface area (Å²) < 4.78 is 0. The van der Waals surface area contributed by atoms with Crippen molar-refractivity contribution in [3.8, 4) is 11.1 Å². The highest BCUT2D eigenvalue weighted by atomic mass is 16.2. The third-order valence-corrected chi connectivity index (χ3v) is 6.27. The molecule has 3 aromatic carbocycles. The molecule has 1 aromatic heterocycles. The van der Waals surface area contributed by atoms with Crippen LogP contribution in [0.4, 0.5) is 0 Å². The van der Waals surface area contributed by atoms with Gasteiger partial charge >= 0.3 is 0 Å². The highest BCUT2D eigenvalue weighted by molar-refractivity contribution is 5.98. The number of pyridine rings is 1. The van der Waals surface area contributed by atoms with E-state index >= 15 is 0 Å². The van der Waals surface area contributed by atoms with Crippen LogP contribution in [-0.2, 0) is 17.8 Å². The van der Waals surface area contributed by atoms with Crippen LogP contribution in [0.5, 0.6) is 0 Å². The van der Waals surface area contributed by atoms with E-state index in [1.54, 1.807) is 6.07 Å². The number of nitrogens with zero attached hydrogens (tertiary/aromatic N) is 1. The van der Waals surface area contributed by atoms with Crippen molar-refractivity contribution in [2.24, 2.45) is 0 Å². The maximum absolute atomic E-state index is 13.0. The summed E-state index contributed by atoms with van der Waals surface area (Å²) in [5.41, 5.74) is 6.28. The third-order valence-electron chi connectivity index (χ3n) is 6.27. The van der Waals surface area contributed by atoms with Crippen LogP contribution in [0.25, 0.3) is 22.0 Å². The Bertz CT molecular complexity index is 1350. The number of carbonyl (C=O) groups excluding carboxylic acids is 2. The first-order valence-corrected chi connectivity index (χ1v) is 12.1. The van der Waals surface area contributed by atoms with Crippen molar-refractivity contribution < 1.29 is 9.59 Å². The van der Waals surface area contributed by atoms with E-state index in [9.17, 15) is 9.59 Å². The fourth-order valence-electron chi connectivity index (χ4n) is 4.18.